The minimum Gasteiger partial charge on any atom is -0.480 e. The molecule has 0 fully saturated rings. The average molecular weight is 248 g/mol. The van der Waals surface area contributed by atoms with Crippen LogP contribution in [0.5, 0.6) is 17.5 Å². The predicted octanol–water partition coefficient (Wildman–Crippen LogP) is 2.17. The van der Waals surface area contributed by atoms with Crippen LogP contribution in [0.3, 0.4) is 0 Å². The van der Waals surface area contributed by atoms with E-state index in [0.29, 0.717) is 37.3 Å². The Kier molecular flexibility index (Phi) is 6.03. The zero-order valence-corrected chi connectivity index (χ0v) is 10.2. The lowest BCUT2D eigenvalue weighted by Crippen LogP contribution is -2.06. The number of nitrogens with zero attached hydrogens (tertiary/aromatic N) is 2. The summed E-state index contributed by atoms with van der Waals surface area (Å²) >= 11 is 0. The number of rotatable bonds is 9. The summed E-state index contributed by atoms with van der Waals surface area (Å²) < 4.78 is 16.2. The second-order valence-electron chi connectivity index (χ2n) is 3.11. The minimum absolute atomic E-state index is 0.308. The van der Waals surface area contributed by atoms with Gasteiger partial charge in [-0.15, -0.1) is 0 Å². The first-order valence-corrected chi connectivity index (χ1v) is 5.39. The molecular formula is C13H16N2O3. The molecule has 0 atom stereocenters. The maximum atomic E-state index is 5.45. The van der Waals surface area contributed by atoms with Crippen molar-refractivity contribution in [2.75, 3.05) is 19.8 Å². The van der Waals surface area contributed by atoms with E-state index in [-0.39, 0.29) is 0 Å². The zero-order valence-electron chi connectivity index (χ0n) is 10.2. The van der Waals surface area contributed by atoms with Gasteiger partial charge in [0.2, 0.25) is 5.75 Å². The summed E-state index contributed by atoms with van der Waals surface area (Å²) in [4.78, 5) is 7.98. The fourth-order valence-electron chi connectivity index (χ4n) is 1.09. The van der Waals surface area contributed by atoms with Gasteiger partial charge in [-0.2, -0.15) is 9.97 Å². The van der Waals surface area contributed by atoms with Gasteiger partial charge in [0.25, 0.3) is 11.8 Å². The molecule has 5 nitrogen and oxygen atoms in total. The summed E-state index contributed by atoms with van der Waals surface area (Å²) in [7, 11) is 0. The molecule has 1 aromatic rings. The summed E-state index contributed by atoms with van der Waals surface area (Å²) in [6.07, 6.45) is 6.19. The van der Waals surface area contributed by atoms with Gasteiger partial charge in [-0.25, -0.2) is 0 Å². The van der Waals surface area contributed by atoms with Crippen molar-refractivity contribution in [3.05, 3.63) is 44.3 Å². The normalized spacial score (nSPS) is 9.33. The van der Waals surface area contributed by atoms with Crippen molar-refractivity contribution >= 4 is 0 Å². The van der Waals surface area contributed by atoms with E-state index in [1.807, 2.05) is 0 Å². The highest BCUT2D eigenvalue weighted by atomic mass is 16.5. The van der Waals surface area contributed by atoms with Gasteiger partial charge < -0.3 is 14.2 Å². The van der Waals surface area contributed by atoms with Crippen molar-refractivity contribution in [2.45, 2.75) is 0 Å². The van der Waals surface area contributed by atoms with Crippen LogP contribution in [0, 0.1) is 0 Å². The molecule has 5 heteroatoms. The Balaban J connectivity index is 2.94. The van der Waals surface area contributed by atoms with Crippen LogP contribution in [0.1, 0.15) is 0 Å². The van der Waals surface area contributed by atoms with E-state index >= 15 is 0 Å². The third-order valence-corrected chi connectivity index (χ3v) is 1.76. The number of hydrogen-bond donors (Lipinski definition) is 0. The van der Waals surface area contributed by atoms with Crippen LogP contribution in [0.25, 0.3) is 0 Å². The highest BCUT2D eigenvalue weighted by molar-refractivity contribution is 5.42. The first-order valence-electron chi connectivity index (χ1n) is 5.39. The lowest BCUT2D eigenvalue weighted by molar-refractivity contribution is 0.265. The zero-order chi connectivity index (χ0) is 13.2. The molecule has 0 saturated heterocycles. The molecule has 0 aromatic carbocycles. The molecule has 1 rings (SSSR count). The highest BCUT2D eigenvalue weighted by Crippen LogP contribution is 2.33. The first-order chi connectivity index (χ1) is 8.83. The van der Waals surface area contributed by atoms with Crippen molar-refractivity contribution in [3.63, 3.8) is 0 Å². The maximum Gasteiger partial charge on any atom is 0.264 e. The average Bonchev–Trinajstić information content (AvgIpc) is 2.41. The van der Waals surface area contributed by atoms with E-state index < -0.39 is 0 Å². The van der Waals surface area contributed by atoms with Gasteiger partial charge in [0.1, 0.15) is 26.1 Å². The standard InChI is InChI=1S/C13H16N2O3/c1-4-7-16-11-12(17-8-5-2)14-10-15-13(11)18-9-6-3/h4-6,10H,1-3,7-9H2. The fourth-order valence-corrected chi connectivity index (χ4v) is 1.09. The Hall–Kier alpha value is -2.30. The molecule has 0 amide bonds. The number of aromatic nitrogens is 2. The topological polar surface area (TPSA) is 53.5 Å². The van der Waals surface area contributed by atoms with Crippen LogP contribution in [0.15, 0.2) is 44.3 Å². The molecular weight excluding hydrogens is 232 g/mol. The van der Waals surface area contributed by atoms with Gasteiger partial charge in [0.05, 0.1) is 0 Å². The lowest BCUT2D eigenvalue weighted by atomic mass is 10.5. The molecule has 96 valence electrons. The fraction of sp³-hybridized carbons (Fsp3) is 0.231. The Morgan fingerprint density at radius 1 is 0.833 bits per heavy atom. The van der Waals surface area contributed by atoms with Gasteiger partial charge >= 0.3 is 0 Å². The Labute approximate surface area is 106 Å². The van der Waals surface area contributed by atoms with Crippen LogP contribution in [0.2, 0.25) is 0 Å². The van der Waals surface area contributed by atoms with E-state index in [1.165, 1.54) is 6.33 Å². The van der Waals surface area contributed by atoms with Crippen LogP contribution >= 0.6 is 0 Å². The third-order valence-electron chi connectivity index (χ3n) is 1.76. The smallest absolute Gasteiger partial charge is 0.264 e. The van der Waals surface area contributed by atoms with Crippen molar-refractivity contribution < 1.29 is 14.2 Å². The monoisotopic (exact) mass is 248 g/mol. The maximum absolute atomic E-state index is 5.45. The van der Waals surface area contributed by atoms with Crippen LogP contribution in [-0.4, -0.2) is 29.8 Å². The van der Waals surface area contributed by atoms with Gasteiger partial charge in [-0.3, -0.25) is 0 Å². The molecule has 0 aliphatic carbocycles. The summed E-state index contributed by atoms with van der Waals surface area (Å²) in [6.45, 7) is 11.7. The second kappa shape index (κ2) is 7.89. The second-order valence-corrected chi connectivity index (χ2v) is 3.11. The molecule has 0 unspecified atom stereocenters. The van der Waals surface area contributed by atoms with Crippen molar-refractivity contribution in [1.82, 2.24) is 9.97 Å². The molecule has 0 aliphatic rings. The molecule has 0 radical (unpaired) electrons. The molecule has 0 spiro atoms. The molecule has 0 N–H and O–H groups in total. The van der Waals surface area contributed by atoms with Gasteiger partial charge in [-0.05, 0) is 0 Å². The summed E-state index contributed by atoms with van der Waals surface area (Å²) in [5, 5.41) is 0. The van der Waals surface area contributed by atoms with Gasteiger partial charge in [0.15, 0.2) is 0 Å². The van der Waals surface area contributed by atoms with E-state index in [9.17, 15) is 0 Å². The minimum atomic E-state index is 0.308. The van der Waals surface area contributed by atoms with E-state index in [4.69, 9.17) is 14.2 Å². The molecule has 0 bridgehead atoms. The molecule has 0 aliphatic heterocycles. The highest BCUT2D eigenvalue weighted by Gasteiger charge is 2.15. The van der Waals surface area contributed by atoms with Crippen molar-refractivity contribution in [3.8, 4) is 17.5 Å². The van der Waals surface area contributed by atoms with E-state index in [0.717, 1.165) is 0 Å². The summed E-state index contributed by atoms with van der Waals surface area (Å²) in [5.41, 5.74) is 0. The predicted molar refractivity (Wildman–Crippen MR) is 69.1 cm³/mol. The lowest BCUT2D eigenvalue weighted by Gasteiger charge is -2.12. The summed E-state index contributed by atoms with van der Waals surface area (Å²) in [5.74, 6) is 0.970. The molecule has 1 heterocycles. The van der Waals surface area contributed by atoms with Crippen molar-refractivity contribution in [2.24, 2.45) is 0 Å². The summed E-state index contributed by atoms with van der Waals surface area (Å²) in [6, 6.07) is 0. The van der Waals surface area contributed by atoms with Crippen LogP contribution in [-0.2, 0) is 0 Å². The van der Waals surface area contributed by atoms with Crippen LogP contribution in [0.4, 0.5) is 0 Å². The number of hydrogen-bond acceptors (Lipinski definition) is 5. The Morgan fingerprint density at radius 2 is 1.28 bits per heavy atom. The third kappa shape index (κ3) is 3.93. The number of ether oxygens (including phenoxy) is 3. The largest absolute Gasteiger partial charge is 0.480 e. The Morgan fingerprint density at radius 3 is 1.72 bits per heavy atom. The quantitative estimate of drug-likeness (QED) is 0.627. The molecule has 18 heavy (non-hydrogen) atoms. The SMILES string of the molecule is C=CCOc1ncnc(OCC=C)c1OCC=C. The van der Waals surface area contributed by atoms with Gasteiger partial charge in [0, 0.05) is 0 Å². The Bertz CT molecular complexity index is 388. The van der Waals surface area contributed by atoms with Crippen LogP contribution < -0.4 is 14.2 Å². The first kappa shape index (κ1) is 13.8. The van der Waals surface area contributed by atoms with Gasteiger partial charge in [-0.1, -0.05) is 38.0 Å². The molecule has 0 saturated carbocycles. The van der Waals surface area contributed by atoms with E-state index in [1.54, 1.807) is 18.2 Å². The van der Waals surface area contributed by atoms with Crippen molar-refractivity contribution in [1.29, 1.82) is 0 Å². The van der Waals surface area contributed by atoms with E-state index in [2.05, 4.69) is 29.7 Å². The molecule has 1 aromatic heterocycles.